The molecular formula is C18H23N3O2. The number of anilines is 1. The van der Waals surface area contributed by atoms with Crippen molar-refractivity contribution in [3.8, 4) is 6.07 Å². The van der Waals surface area contributed by atoms with E-state index in [1.807, 2.05) is 6.07 Å². The molecule has 0 atom stereocenters. The summed E-state index contributed by atoms with van der Waals surface area (Å²) in [4.78, 5) is 24.9. The molecule has 122 valence electrons. The smallest absolute Gasteiger partial charge is 0.239 e. The lowest BCUT2D eigenvalue weighted by Gasteiger charge is -2.28. The van der Waals surface area contributed by atoms with Gasteiger partial charge in [-0.25, -0.2) is 0 Å². The quantitative estimate of drug-likeness (QED) is 0.838. The van der Waals surface area contributed by atoms with Crippen LogP contribution in [-0.2, 0) is 9.59 Å². The van der Waals surface area contributed by atoms with Gasteiger partial charge >= 0.3 is 0 Å². The molecule has 0 aliphatic heterocycles. The number of hydrogen-bond donors (Lipinski definition) is 2. The molecule has 1 saturated carbocycles. The summed E-state index contributed by atoms with van der Waals surface area (Å²) in [5, 5.41) is 14.6. The van der Waals surface area contributed by atoms with E-state index in [-0.39, 0.29) is 17.9 Å². The number of rotatable bonds is 4. The molecule has 1 aliphatic rings. The van der Waals surface area contributed by atoms with E-state index in [4.69, 9.17) is 5.26 Å². The van der Waals surface area contributed by atoms with Crippen molar-refractivity contribution in [2.24, 2.45) is 5.41 Å². The minimum Gasteiger partial charge on any atom is -0.352 e. The fourth-order valence-corrected chi connectivity index (χ4v) is 2.67. The zero-order chi connectivity index (χ0) is 16.9. The molecule has 5 heteroatoms. The third kappa shape index (κ3) is 4.32. The monoisotopic (exact) mass is 313 g/mol. The molecule has 0 radical (unpaired) electrons. The van der Waals surface area contributed by atoms with Crippen molar-refractivity contribution in [1.82, 2.24) is 5.32 Å². The lowest BCUT2D eigenvalue weighted by molar-refractivity contribution is -0.139. The molecule has 1 aliphatic carbocycles. The van der Waals surface area contributed by atoms with Crippen LogP contribution in [0.1, 0.15) is 51.5 Å². The number of nitrogens with zero attached hydrogens (tertiary/aromatic N) is 1. The summed E-state index contributed by atoms with van der Waals surface area (Å²) in [6, 6.07) is 8.85. The maximum absolute atomic E-state index is 12.5. The minimum atomic E-state index is -1.17. The summed E-state index contributed by atoms with van der Waals surface area (Å²) >= 11 is 0. The Bertz CT molecular complexity index is 625. The SMILES string of the molecule is CC(C)(C(=O)Nc1cccc(C#N)c1)C(=O)NC1CCCCC1. The van der Waals surface area contributed by atoms with Crippen molar-refractivity contribution < 1.29 is 9.59 Å². The first kappa shape index (κ1) is 17.0. The first-order valence-electron chi connectivity index (χ1n) is 8.06. The summed E-state index contributed by atoms with van der Waals surface area (Å²) in [5.74, 6) is -0.626. The van der Waals surface area contributed by atoms with Crippen LogP contribution >= 0.6 is 0 Å². The molecule has 0 saturated heterocycles. The molecule has 0 heterocycles. The Balaban J connectivity index is 2.00. The zero-order valence-corrected chi connectivity index (χ0v) is 13.7. The van der Waals surface area contributed by atoms with Crippen LogP contribution in [0.5, 0.6) is 0 Å². The number of nitrogens with one attached hydrogen (secondary N) is 2. The van der Waals surface area contributed by atoms with Gasteiger partial charge < -0.3 is 10.6 Å². The van der Waals surface area contributed by atoms with Gasteiger partial charge in [0.05, 0.1) is 11.6 Å². The molecule has 2 rings (SSSR count). The van der Waals surface area contributed by atoms with E-state index in [9.17, 15) is 9.59 Å². The predicted octanol–water partition coefficient (Wildman–Crippen LogP) is 2.97. The number of amides is 2. The third-order valence-electron chi connectivity index (χ3n) is 4.33. The summed E-state index contributed by atoms with van der Waals surface area (Å²) in [5.41, 5.74) is -0.181. The fourth-order valence-electron chi connectivity index (χ4n) is 2.67. The molecule has 1 aromatic rings. The van der Waals surface area contributed by atoms with Gasteiger partial charge in [0, 0.05) is 11.7 Å². The van der Waals surface area contributed by atoms with Gasteiger partial charge in [0.1, 0.15) is 5.41 Å². The van der Waals surface area contributed by atoms with Crippen molar-refractivity contribution in [3.05, 3.63) is 29.8 Å². The van der Waals surface area contributed by atoms with E-state index in [1.54, 1.807) is 38.1 Å². The Labute approximate surface area is 137 Å². The van der Waals surface area contributed by atoms with Gasteiger partial charge in [0.2, 0.25) is 11.8 Å². The number of benzene rings is 1. The van der Waals surface area contributed by atoms with Crippen LogP contribution in [0.25, 0.3) is 0 Å². The second-order valence-electron chi connectivity index (χ2n) is 6.58. The van der Waals surface area contributed by atoms with Crippen LogP contribution < -0.4 is 10.6 Å². The Morgan fingerprint density at radius 3 is 2.52 bits per heavy atom. The van der Waals surface area contributed by atoms with Crippen LogP contribution in [0.15, 0.2) is 24.3 Å². The van der Waals surface area contributed by atoms with Crippen molar-refractivity contribution in [3.63, 3.8) is 0 Å². The van der Waals surface area contributed by atoms with E-state index < -0.39 is 5.41 Å². The highest BCUT2D eigenvalue weighted by Crippen LogP contribution is 2.23. The second kappa shape index (κ2) is 7.28. The van der Waals surface area contributed by atoms with Gasteiger partial charge in [-0.3, -0.25) is 9.59 Å². The summed E-state index contributed by atoms with van der Waals surface area (Å²) < 4.78 is 0. The van der Waals surface area contributed by atoms with Crippen molar-refractivity contribution in [1.29, 1.82) is 5.26 Å². The van der Waals surface area contributed by atoms with Gasteiger partial charge in [-0.1, -0.05) is 25.3 Å². The average Bonchev–Trinajstić information content (AvgIpc) is 2.55. The molecule has 1 fully saturated rings. The topological polar surface area (TPSA) is 82.0 Å². The van der Waals surface area contributed by atoms with Gasteiger partial charge in [0.25, 0.3) is 0 Å². The lowest BCUT2D eigenvalue weighted by atomic mass is 9.88. The Morgan fingerprint density at radius 2 is 1.87 bits per heavy atom. The van der Waals surface area contributed by atoms with Crippen LogP contribution in [0.4, 0.5) is 5.69 Å². The van der Waals surface area contributed by atoms with Gasteiger partial charge in [-0.15, -0.1) is 0 Å². The van der Waals surface area contributed by atoms with E-state index in [0.29, 0.717) is 11.3 Å². The molecule has 2 amide bonds. The van der Waals surface area contributed by atoms with Crippen LogP contribution in [0, 0.1) is 16.7 Å². The summed E-state index contributed by atoms with van der Waals surface area (Å²) in [6.45, 7) is 3.24. The third-order valence-corrected chi connectivity index (χ3v) is 4.33. The molecule has 0 aromatic heterocycles. The predicted molar refractivity (Wildman–Crippen MR) is 88.6 cm³/mol. The van der Waals surface area contributed by atoms with Crippen LogP contribution in [0.2, 0.25) is 0 Å². The van der Waals surface area contributed by atoms with Gasteiger partial charge in [-0.2, -0.15) is 5.26 Å². The molecule has 0 spiro atoms. The number of carbonyl (C=O) groups excluding carboxylic acids is 2. The average molecular weight is 313 g/mol. The van der Waals surface area contributed by atoms with Crippen molar-refractivity contribution in [2.45, 2.75) is 52.0 Å². The Morgan fingerprint density at radius 1 is 1.17 bits per heavy atom. The van der Waals surface area contributed by atoms with E-state index in [0.717, 1.165) is 25.7 Å². The Kier molecular flexibility index (Phi) is 5.38. The standard InChI is InChI=1S/C18H23N3O2/c1-18(2,16(22)20-14-8-4-3-5-9-14)17(23)21-15-10-6-7-13(11-15)12-19/h6-7,10-11,14H,3-5,8-9H2,1-2H3,(H,20,22)(H,21,23). The van der Waals surface area contributed by atoms with Crippen molar-refractivity contribution >= 4 is 17.5 Å². The minimum absolute atomic E-state index is 0.172. The molecule has 23 heavy (non-hydrogen) atoms. The number of nitriles is 1. The summed E-state index contributed by atoms with van der Waals surface area (Å²) in [7, 11) is 0. The molecule has 2 N–H and O–H groups in total. The zero-order valence-electron chi connectivity index (χ0n) is 13.7. The summed E-state index contributed by atoms with van der Waals surface area (Å²) in [6.07, 6.45) is 5.42. The maximum Gasteiger partial charge on any atom is 0.239 e. The molecule has 5 nitrogen and oxygen atoms in total. The highest BCUT2D eigenvalue weighted by molar-refractivity contribution is 6.09. The molecule has 0 unspecified atom stereocenters. The Hall–Kier alpha value is -2.35. The fraction of sp³-hybridized carbons (Fsp3) is 0.500. The first-order chi connectivity index (χ1) is 10.9. The molecular weight excluding hydrogens is 290 g/mol. The number of carbonyl (C=O) groups is 2. The van der Waals surface area contributed by atoms with Crippen molar-refractivity contribution in [2.75, 3.05) is 5.32 Å². The maximum atomic E-state index is 12.5. The first-order valence-corrected chi connectivity index (χ1v) is 8.06. The van der Waals surface area contributed by atoms with Crippen LogP contribution in [-0.4, -0.2) is 17.9 Å². The van der Waals surface area contributed by atoms with E-state index in [1.165, 1.54) is 6.42 Å². The highest BCUT2D eigenvalue weighted by Gasteiger charge is 2.37. The van der Waals surface area contributed by atoms with E-state index in [2.05, 4.69) is 10.6 Å². The van der Waals surface area contributed by atoms with E-state index >= 15 is 0 Å². The van der Waals surface area contributed by atoms with Gasteiger partial charge in [0.15, 0.2) is 0 Å². The largest absolute Gasteiger partial charge is 0.352 e. The second-order valence-corrected chi connectivity index (χ2v) is 6.58. The molecule has 1 aromatic carbocycles. The normalized spacial score (nSPS) is 15.5. The number of hydrogen-bond acceptors (Lipinski definition) is 3. The highest BCUT2D eigenvalue weighted by atomic mass is 16.2. The van der Waals surface area contributed by atoms with Crippen LogP contribution in [0.3, 0.4) is 0 Å². The lowest BCUT2D eigenvalue weighted by Crippen LogP contribution is -2.49. The van der Waals surface area contributed by atoms with Gasteiger partial charge in [-0.05, 0) is 44.9 Å². The molecule has 0 bridgehead atoms.